The molecule has 0 aromatic heterocycles. The molecular weight excluding hydrogens is 496 g/mol. The fraction of sp³-hybridized carbons (Fsp3) is 0.500. The van der Waals surface area contributed by atoms with Crippen molar-refractivity contribution in [3.05, 3.63) is 58.6 Å². The monoisotopic (exact) mass is 532 g/mol. The Balaban J connectivity index is 1.94. The molecule has 1 aliphatic heterocycles. The summed E-state index contributed by atoms with van der Waals surface area (Å²) in [5.74, 6) is 0. The summed E-state index contributed by atoms with van der Waals surface area (Å²) >= 11 is 6.76. The smallest absolute Gasteiger partial charge is 0.410 e. The predicted molar refractivity (Wildman–Crippen MR) is 143 cm³/mol. The Labute approximate surface area is 224 Å². The highest BCUT2D eigenvalue weighted by atomic mass is 35.5. The zero-order chi connectivity index (χ0) is 27.0. The van der Waals surface area contributed by atoms with Gasteiger partial charge in [-0.05, 0) is 49.9 Å². The first-order valence-electron chi connectivity index (χ1n) is 12.5. The number of ether oxygens (including phenoxy) is 4. The van der Waals surface area contributed by atoms with Crippen LogP contribution >= 0.6 is 11.6 Å². The van der Waals surface area contributed by atoms with Gasteiger partial charge in [0.05, 0.1) is 26.9 Å². The summed E-state index contributed by atoms with van der Waals surface area (Å²) in [5.41, 5.74) is 3.25. The summed E-state index contributed by atoms with van der Waals surface area (Å²) in [4.78, 5) is 26.0. The van der Waals surface area contributed by atoms with Gasteiger partial charge in [-0.25, -0.2) is 9.59 Å². The van der Waals surface area contributed by atoms with Gasteiger partial charge in [-0.2, -0.15) is 0 Å². The molecule has 0 aliphatic carbocycles. The summed E-state index contributed by atoms with van der Waals surface area (Å²) in [6, 6.07) is 13.9. The van der Waals surface area contributed by atoms with Crippen LogP contribution in [0.25, 0.3) is 11.1 Å². The van der Waals surface area contributed by atoms with Crippen LogP contribution in [0.3, 0.4) is 0 Å². The van der Waals surface area contributed by atoms with Crippen LogP contribution in [0.1, 0.15) is 44.9 Å². The van der Waals surface area contributed by atoms with E-state index >= 15 is 0 Å². The van der Waals surface area contributed by atoms with Crippen LogP contribution in [-0.4, -0.2) is 68.7 Å². The third kappa shape index (κ3) is 8.09. The number of amides is 2. The maximum absolute atomic E-state index is 12.8. The van der Waals surface area contributed by atoms with Crippen LogP contribution < -0.4 is 5.32 Å². The number of alkyl carbamates (subject to hydrolysis) is 1. The van der Waals surface area contributed by atoms with E-state index in [-0.39, 0.29) is 19.7 Å². The van der Waals surface area contributed by atoms with Crippen LogP contribution in [0.5, 0.6) is 0 Å². The minimum absolute atomic E-state index is 0.201. The van der Waals surface area contributed by atoms with Crippen LogP contribution in [-0.2, 0) is 25.4 Å². The molecule has 2 aromatic carbocycles. The molecule has 1 aliphatic rings. The summed E-state index contributed by atoms with van der Waals surface area (Å²) in [5, 5.41) is 3.22. The number of methoxy groups -OCH3 is 1. The van der Waals surface area contributed by atoms with Crippen molar-refractivity contribution in [2.24, 2.45) is 0 Å². The summed E-state index contributed by atoms with van der Waals surface area (Å²) in [6.07, 6.45) is -1.09. The molecule has 0 spiro atoms. The molecule has 9 heteroatoms. The highest BCUT2D eigenvalue weighted by Crippen LogP contribution is 2.39. The molecule has 37 heavy (non-hydrogen) atoms. The number of aryl methyl sites for hydroxylation is 1. The van der Waals surface area contributed by atoms with Gasteiger partial charge in [0.25, 0.3) is 0 Å². The Bertz CT molecular complexity index is 1070. The van der Waals surface area contributed by atoms with Gasteiger partial charge in [-0.3, -0.25) is 0 Å². The SMILES string of the molecule is CCc1cccc(-c2c(Cl)cccc2[C@H](OCCNC(=O)OC)C2CN(C(=O)OC(C)(C)C)CCO2)c1. The summed E-state index contributed by atoms with van der Waals surface area (Å²) in [7, 11) is 1.31. The molecule has 3 rings (SSSR count). The molecule has 1 saturated heterocycles. The van der Waals surface area contributed by atoms with E-state index in [4.69, 9.17) is 25.8 Å². The van der Waals surface area contributed by atoms with Crippen molar-refractivity contribution in [2.45, 2.75) is 51.9 Å². The van der Waals surface area contributed by atoms with Crippen LogP contribution in [0.4, 0.5) is 9.59 Å². The number of morpholine rings is 1. The highest BCUT2D eigenvalue weighted by Gasteiger charge is 2.35. The summed E-state index contributed by atoms with van der Waals surface area (Å²) in [6.45, 7) is 9.11. The van der Waals surface area contributed by atoms with Crippen LogP contribution in [0.2, 0.25) is 5.02 Å². The van der Waals surface area contributed by atoms with Crippen molar-refractivity contribution >= 4 is 23.8 Å². The average molecular weight is 533 g/mol. The van der Waals surface area contributed by atoms with Gasteiger partial charge < -0.3 is 29.2 Å². The van der Waals surface area contributed by atoms with Gasteiger partial charge in [0.2, 0.25) is 0 Å². The molecule has 1 unspecified atom stereocenters. The minimum Gasteiger partial charge on any atom is -0.453 e. The van der Waals surface area contributed by atoms with Crippen molar-refractivity contribution in [3.8, 4) is 11.1 Å². The van der Waals surface area contributed by atoms with Gasteiger partial charge in [-0.1, -0.05) is 54.9 Å². The van der Waals surface area contributed by atoms with E-state index < -0.39 is 30.0 Å². The number of rotatable bonds is 8. The van der Waals surface area contributed by atoms with E-state index in [0.717, 1.165) is 23.1 Å². The molecule has 1 fully saturated rings. The number of carbonyl (C=O) groups excluding carboxylic acids is 2. The second-order valence-electron chi connectivity index (χ2n) is 9.80. The zero-order valence-electron chi connectivity index (χ0n) is 22.2. The molecule has 0 bridgehead atoms. The topological polar surface area (TPSA) is 86.3 Å². The number of carbonyl (C=O) groups is 2. The van der Waals surface area contributed by atoms with Crippen molar-refractivity contribution < 1.29 is 28.5 Å². The van der Waals surface area contributed by atoms with E-state index in [2.05, 4.69) is 29.1 Å². The van der Waals surface area contributed by atoms with Crippen LogP contribution in [0.15, 0.2) is 42.5 Å². The van der Waals surface area contributed by atoms with Crippen molar-refractivity contribution in [2.75, 3.05) is 40.0 Å². The van der Waals surface area contributed by atoms with Crippen molar-refractivity contribution in [1.82, 2.24) is 10.2 Å². The first kappa shape index (κ1) is 28.8. The largest absolute Gasteiger partial charge is 0.453 e. The standard InChI is InChI=1S/C28H37ClN2O6/c1-6-19-9-7-10-20(17-19)24-21(11-8-12-22(24)29)25(36-15-13-30-26(32)34-5)23-18-31(14-16-35-23)27(33)37-28(2,3)4/h7-12,17,23,25H,6,13-16,18H2,1-5H3,(H,30,32)/t23?,25-/m0/s1. The Morgan fingerprint density at radius 3 is 2.68 bits per heavy atom. The molecule has 8 nitrogen and oxygen atoms in total. The molecule has 2 amide bonds. The highest BCUT2D eigenvalue weighted by molar-refractivity contribution is 6.33. The zero-order valence-corrected chi connectivity index (χ0v) is 23.0. The molecule has 0 radical (unpaired) electrons. The average Bonchev–Trinajstić information content (AvgIpc) is 2.87. The Kier molecular flexibility index (Phi) is 10.2. The van der Waals surface area contributed by atoms with Crippen molar-refractivity contribution in [1.29, 1.82) is 0 Å². The van der Waals surface area contributed by atoms with Crippen molar-refractivity contribution in [3.63, 3.8) is 0 Å². The molecule has 1 N–H and O–H groups in total. The lowest BCUT2D eigenvalue weighted by molar-refractivity contribution is -0.112. The number of nitrogens with one attached hydrogen (secondary N) is 1. The predicted octanol–water partition coefficient (Wildman–Crippen LogP) is 5.62. The molecular formula is C28H37ClN2O6. The lowest BCUT2D eigenvalue weighted by atomic mass is 9.92. The number of hydrogen-bond acceptors (Lipinski definition) is 6. The third-order valence-electron chi connectivity index (χ3n) is 5.91. The van der Waals surface area contributed by atoms with Gasteiger partial charge >= 0.3 is 12.2 Å². The van der Waals surface area contributed by atoms with Gasteiger partial charge in [0.1, 0.15) is 17.8 Å². The quantitative estimate of drug-likeness (QED) is 0.444. The van der Waals surface area contributed by atoms with E-state index in [1.165, 1.54) is 12.7 Å². The van der Waals surface area contributed by atoms with Crippen LogP contribution in [0, 0.1) is 0 Å². The first-order chi connectivity index (χ1) is 17.6. The molecule has 0 saturated carbocycles. The lowest BCUT2D eigenvalue weighted by Crippen LogP contribution is -2.49. The third-order valence-corrected chi connectivity index (χ3v) is 6.23. The Hall–Kier alpha value is -2.81. The molecule has 202 valence electrons. The lowest BCUT2D eigenvalue weighted by Gasteiger charge is -2.38. The normalized spacial score (nSPS) is 16.7. The number of benzene rings is 2. The second kappa shape index (κ2) is 13.1. The maximum Gasteiger partial charge on any atom is 0.410 e. The van der Waals surface area contributed by atoms with E-state index in [0.29, 0.717) is 18.2 Å². The van der Waals surface area contributed by atoms with Gasteiger partial charge in [0, 0.05) is 23.7 Å². The van der Waals surface area contributed by atoms with E-state index in [1.54, 1.807) is 4.90 Å². The first-order valence-corrected chi connectivity index (χ1v) is 12.9. The fourth-order valence-corrected chi connectivity index (χ4v) is 4.48. The Morgan fingerprint density at radius 2 is 1.97 bits per heavy atom. The van der Waals surface area contributed by atoms with Gasteiger partial charge in [-0.15, -0.1) is 0 Å². The molecule has 1 heterocycles. The summed E-state index contributed by atoms with van der Waals surface area (Å²) < 4.78 is 22.7. The second-order valence-corrected chi connectivity index (χ2v) is 10.2. The molecule has 2 aromatic rings. The molecule has 2 atom stereocenters. The Morgan fingerprint density at radius 1 is 1.22 bits per heavy atom. The fourth-order valence-electron chi connectivity index (χ4n) is 4.19. The number of hydrogen-bond donors (Lipinski definition) is 1. The number of nitrogens with zero attached hydrogens (tertiary/aromatic N) is 1. The van der Waals surface area contributed by atoms with Gasteiger partial charge in [0.15, 0.2) is 0 Å². The minimum atomic E-state index is -0.606. The van der Waals surface area contributed by atoms with E-state index in [1.807, 2.05) is 51.1 Å². The van der Waals surface area contributed by atoms with E-state index in [9.17, 15) is 9.59 Å². The number of halogens is 1. The maximum atomic E-state index is 12.8.